The summed E-state index contributed by atoms with van der Waals surface area (Å²) in [5.41, 5.74) is 5.77. The number of rotatable bonds is 6. The minimum absolute atomic E-state index is 0.0493. The van der Waals surface area contributed by atoms with E-state index in [0.29, 0.717) is 6.54 Å². The topological polar surface area (TPSA) is 38.5 Å². The van der Waals surface area contributed by atoms with Crippen LogP contribution in [0.2, 0.25) is 0 Å². The Hall–Kier alpha value is -0.120. The van der Waals surface area contributed by atoms with Crippen molar-refractivity contribution in [3.8, 4) is 0 Å². The lowest BCUT2D eigenvalue weighted by molar-refractivity contribution is -0.0234. The molecule has 0 aliphatic rings. The molecule has 0 radical (unpaired) electrons. The van der Waals surface area contributed by atoms with Gasteiger partial charge in [0.25, 0.3) is 0 Å². The number of ether oxygens (including phenoxy) is 1. The lowest BCUT2D eigenvalue weighted by Gasteiger charge is -2.37. The van der Waals surface area contributed by atoms with Crippen LogP contribution in [0.4, 0.5) is 0 Å². The van der Waals surface area contributed by atoms with Crippen molar-refractivity contribution in [2.75, 3.05) is 26.2 Å². The quantitative estimate of drug-likeness (QED) is 0.736. The Bertz CT molecular complexity index is 173. The molecule has 0 aromatic rings. The highest BCUT2D eigenvalue weighted by molar-refractivity contribution is 4.81. The molecule has 15 heavy (non-hydrogen) atoms. The maximum absolute atomic E-state index is 5.76. The molecule has 0 atom stereocenters. The van der Waals surface area contributed by atoms with Crippen molar-refractivity contribution < 1.29 is 4.74 Å². The fourth-order valence-electron chi connectivity index (χ4n) is 1.48. The highest BCUT2D eigenvalue weighted by Crippen LogP contribution is 2.13. The predicted molar refractivity (Wildman–Crippen MR) is 66.1 cm³/mol. The summed E-state index contributed by atoms with van der Waals surface area (Å²) in [6, 6.07) is 0. The van der Waals surface area contributed by atoms with E-state index >= 15 is 0 Å². The summed E-state index contributed by atoms with van der Waals surface area (Å²) >= 11 is 0. The normalized spacial score (nSPS) is 13.6. The lowest BCUT2D eigenvalue weighted by Crippen LogP contribution is -2.50. The second-order valence-electron chi connectivity index (χ2n) is 5.56. The molecule has 3 heteroatoms. The minimum Gasteiger partial charge on any atom is -0.375 e. The average Bonchev–Trinajstić information content (AvgIpc) is 2.10. The van der Waals surface area contributed by atoms with E-state index in [-0.39, 0.29) is 11.1 Å². The molecule has 0 unspecified atom stereocenters. The van der Waals surface area contributed by atoms with Crippen LogP contribution in [0.15, 0.2) is 0 Å². The number of nitrogens with zero attached hydrogens (tertiary/aromatic N) is 1. The smallest absolute Gasteiger partial charge is 0.0600 e. The minimum atomic E-state index is -0.0493. The molecule has 0 amide bonds. The third-order valence-electron chi connectivity index (χ3n) is 2.63. The van der Waals surface area contributed by atoms with E-state index in [2.05, 4.69) is 46.4 Å². The molecule has 0 aliphatic carbocycles. The van der Waals surface area contributed by atoms with Crippen molar-refractivity contribution in [1.82, 2.24) is 4.90 Å². The van der Waals surface area contributed by atoms with Crippen LogP contribution in [-0.4, -0.2) is 42.3 Å². The fourth-order valence-corrected chi connectivity index (χ4v) is 1.48. The summed E-state index contributed by atoms with van der Waals surface area (Å²) < 4.78 is 5.72. The zero-order valence-electron chi connectivity index (χ0n) is 11.3. The van der Waals surface area contributed by atoms with Gasteiger partial charge in [0.1, 0.15) is 0 Å². The molecule has 0 spiro atoms. The number of hydrogen-bond donors (Lipinski definition) is 1. The van der Waals surface area contributed by atoms with Gasteiger partial charge in [-0.1, -0.05) is 6.92 Å². The van der Waals surface area contributed by atoms with Gasteiger partial charge in [-0.05, 0) is 41.2 Å². The van der Waals surface area contributed by atoms with E-state index in [1.807, 2.05) is 0 Å². The van der Waals surface area contributed by atoms with Crippen LogP contribution in [0.3, 0.4) is 0 Å². The summed E-state index contributed by atoms with van der Waals surface area (Å²) in [7, 11) is 0. The summed E-state index contributed by atoms with van der Waals surface area (Å²) in [5.74, 6) is 0. The van der Waals surface area contributed by atoms with Gasteiger partial charge in [0, 0.05) is 18.6 Å². The van der Waals surface area contributed by atoms with Gasteiger partial charge in [-0.15, -0.1) is 0 Å². The summed E-state index contributed by atoms with van der Waals surface area (Å²) in [4.78, 5) is 2.36. The molecule has 2 N–H and O–H groups in total. The van der Waals surface area contributed by atoms with Gasteiger partial charge in [-0.25, -0.2) is 0 Å². The average molecular weight is 216 g/mol. The summed E-state index contributed by atoms with van der Waals surface area (Å²) in [6.45, 7) is 16.1. The van der Waals surface area contributed by atoms with E-state index in [1.165, 1.54) is 0 Å². The molecule has 0 heterocycles. The van der Waals surface area contributed by atoms with Gasteiger partial charge >= 0.3 is 0 Å². The molecule has 92 valence electrons. The van der Waals surface area contributed by atoms with Crippen LogP contribution in [0.1, 0.15) is 41.5 Å². The maximum Gasteiger partial charge on any atom is 0.0600 e. The Morgan fingerprint density at radius 1 is 1.13 bits per heavy atom. The number of hydrogen-bond acceptors (Lipinski definition) is 3. The van der Waals surface area contributed by atoms with Crippen molar-refractivity contribution in [3.05, 3.63) is 0 Å². The monoisotopic (exact) mass is 216 g/mol. The Labute approximate surface area is 95.0 Å². The van der Waals surface area contributed by atoms with Gasteiger partial charge in [-0.3, -0.25) is 4.90 Å². The number of nitrogens with two attached hydrogens (primary N) is 1. The molecule has 3 nitrogen and oxygen atoms in total. The maximum atomic E-state index is 5.76. The Balaban J connectivity index is 4.02. The molecule has 0 aromatic carbocycles. The summed E-state index contributed by atoms with van der Waals surface area (Å²) in [5, 5.41) is 0. The van der Waals surface area contributed by atoms with E-state index in [1.54, 1.807) is 0 Å². The molecule has 0 bridgehead atoms. The van der Waals surface area contributed by atoms with Crippen LogP contribution < -0.4 is 5.73 Å². The van der Waals surface area contributed by atoms with Gasteiger partial charge in [-0.2, -0.15) is 0 Å². The molecule has 0 fully saturated rings. The Kier molecular flexibility index (Phi) is 5.78. The standard InChI is InChI=1S/C12H28N2O/c1-7-14(12(5,6)10-13)8-9-15-11(2,3)4/h7-10,13H2,1-6H3. The molecule has 0 rings (SSSR count). The highest BCUT2D eigenvalue weighted by Gasteiger charge is 2.23. The first-order valence-electron chi connectivity index (χ1n) is 5.82. The van der Waals surface area contributed by atoms with Gasteiger partial charge in [0.2, 0.25) is 0 Å². The zero-order chi connectivity index (χ0) is 12.1. The van der Waals surface area contributed by atoms with Crippen LogP contribution in [0.25, 0.3) is 0 Å². The molecule has 0 saturated carbocycles. The second kappa shape index (κ2) is 5.83. The molecule has 0 aliphatic heterocycles. The van der Waals surface area contributed by atoms with Crippen molar-refractivity contribution in [2.45, 2.75) is 52.7 Å². The second-order valence-corrected chi connectivity index (χ2v) is 5.56. The van der Waals surface area contributed by atoms with E-state index in [0.717, 1.165) is 19.7 Å². The van der Waals surface area contributed by atoms with E-state index in [9.17, 15) is 0 Å². The third-order valence-corrected chi connectivity index (χ3v) is 2.63. The van der Waals surface area contributed by atoms with Crippen molar-refractivity contribution in [1.29, 1.82) is 0 Å². The van der Waals surface area contributed by atoms with E-state index < -0.39 is 0 Å². The van der Waals surface area contributed by atoms with Crippen LogP contribution in [0.5, 0.6) is 0 Å². The SMILES string of the molecule is CCN(CCOC(C)(C)C)C(C)(C)CN. The molecular weight excluding hydrogens is 188 g/mol. The lowest BCUT2D eigenvalue weighted by atomic mass is 10.0. The van der Waals surface area contributed by atoms with Gasteiger partial charge < -0.3 is 10.5 Å². The van der Waals surface area contributed by atoms with Crippen molar-refractivity contribution >= 4 is 0 Å². The molecule has 0 aromatic heterocycles. The van der Waals surface area contributed by atoms with Crippen molar-refractivity contribution in [3.63, 3.8) is 0 Å². The van der Waals surface area contributed by atoms with Crippen LogP contribution in [-0.2, 0) is 4.74 Å². The fraction of sp³-hybridized carbons (Fsp3) is 1.00. The van der Waals surface area contributed by atoms with Crippen LogP contribution in [0, 0.1) is 0 Å². The first kappa shape index (κ1) is 14.9. The first-order chi connectivity index (χ1) is 6.73. The largest absolute Gasteiger partial charge is 0.375 e. The third kappa shape index (κ3) is 6.13. The molecular formula is C12H28N2O. The van der Waals surface area contributed by atoms with Crippen molar-refractivity contribution in [2.24, 2.45) is 5.73 Å². The predicted octanol–water partition coefficient (Wildman–Crippen LogP) is 1.86. The number of likely N-dealkylation sites (N-methyl/N-ethyl adjacent to an activating group) is 1. The highest BCUT2D eigenvalue weighted by atomic mass is 16.5. The van der Waals surface area contributed by atoms with Crippen LogP contribution >= 0.6 is 0 Å². The zero-order valence-corrected chi connectivity index (χ0v) is 11.3. The Morgan fingerprint density at radius 2 is 1.67 bits per heavy atom. The van der Waals surface area contributed by atoms with E-state index in [4.69, 9.17) is 10.5 Å². The van der Waals surface area contributed by atoms with Gasteiger partial charge in [0.05, 0.1) is 12.2 Å². The molecule has 0 saturated heterocycles. The van der Waals surface area contributed by atoms with Gasteiger partial charge in [0.15, 0.2) is 0 Å². The first-order valence-corrected chi connectivity index (χ1v) is 5.82. The summed E-state index contributed by atoms with van der Waals surface area (Å²) in [6.07, 6.45) is 0. The Morgan fingerprint density at radius 3 is 2.00 bits per heavy atom.